The van der Waals surface area contributed by atoms with Crippen molar-refractivity contribution in [3.8, 4) is 6.07 Å². The number of pyridine rings is 1. The monoisotopic (exact) mass is 287 g/mol. The first-order valence-corrected chi connectivity index (χ1v) is 4.85. The van der Waals surface area contributed by atoms with Crippen molar-refractivity contribution in [2.75, 3.05) is 5.73 Å². The fourth-order valence-corrected chi connectivity index (χ4v) is 1.71. The van der Waals surface area contributed by atoms with Gasteiger partial charge in [-0.2, -0.15) is 14.0 Å². The van der Waals surface area contributed by atoms with E-state index in [2.05, 4.69) is 25.9 Å². The average molecular weight is 288 g/mol. The molecule has 0 aliphatic carbocycles. The number of fused-ring (bicyclic) bond motifs is 1. The van der Waals surface area contributed by atoms with E-state index in [0.717, 1.165) is 6.33 Å². The number of alkyl halides is 2. The number of aromatic nitrogens is 3. The van der Waals surface area contributed by atoms with Gasteiger partial charge in [0.05, 0.1) is 10.2 Å². The SMILES string of the molecule is N#Cc1nc2c(ncn2C(F)F)c(Br)c1N. The van der Waals surface area contributed by atoms with E-state index in [-0.39, 0.29) is 22.5 Å². The molecule has 0 unspecified atom stereocenters. The van der Waals surface area contributed by atoms with Gasteiger partial charge < -0.3 is 5.73 Å². The van der Waals surface area contributed by atoms with Gasteiger partial charge in [0.2, 0.25) is 0 Å². The number of hydrogen-bond donors (Lipinski definition) is 1. The van der Waals surface area contributed by atoms with Crippen molar-refractivity contribution in [3.63, 3.8) is 0 Å². The molecular weight excluding hydrogens is 284 g/mol. The molecule has 0 saturated heterocycles. The summed E-state index contributed by atoms with van der Waals surface area (Å²) in [5, 5.41) is 8.74. The van der Waals surface area contributed by atoms with Crippen LogP contribution in [0.5, 0.6) is 0 Å². The summed E-state index contributed by atoms with van der Waals surface area (Å²) in [4.78, 5) is 7.50. The van der Waals surface area contributed by atoms with Crippen LogP contribution in [0.4, 0.5) is 14.5 Å². The van der Waals surface area contributed by atoms with Crippen molar-refractivity contribution in [1.82, 2.24) is 14.5 Å². The molecular formula is C8H4BrF2N5. The van der Waals surface area contributed by atoms with Gasteiger partial charge >= 0.3 is 6.55 Å². The predicted molar refractivity (Wildman–Crippen MR) is 55.6 cm³/mol. The minimum atomic E-state index is -2.76. The van der Waals surface area contributed by atoms with Gasteiger partial charge in [-0.3, -0.25) is 4.57 Å². The van der Waals surface area contributed by atoms with E-state index in [1.807, 2.05) is 0 Å². The molecule has 0 radical (unpaired) electrons. The molecule has 5 nitrogen and oxygen atoms in total. The molecule has 0 amide bonds. The fourth-order valence-electron chi connectivity index (χ4n) is 1.25. The van der Waals surface area contributed by atoms with Gasteiger partial charge in [0.25, 0.3) is 0 Å². The first kappa shape index (κ1) is 10.8. The van der Waals surface area contributed by atoms with Gasteiger partial charge in [-0.1, -0.05) is 0 Å². The third-order valence-electron chi connectivity index (χ3n) is 2.00. The van der Waals surface area contributed by atoms with Gasteiger partial charge in [0.15, 0.2) is 11.3 Å². The number of nitrogen functional groups attached to an aromatic ring is 1. The predicted octanol–water partition coefficient (Wildman–Crippen LogP) is 2.04. The number of nitrogens with zero attached hydrogens (tertiary/aromatic N) is 4. The molecule has 0 atom stereocenters. The van der Waals surface area contributed by atoms with Gasteiger partial charge in [0.1, 0.15) is 17.9 Å². The third-order valence-corrected chi connectivity index (χ3v) is 2.80. The van der Waals surface area contributed by atoms with Crippen LogP contribution in [0.3, 0.4) is 0 Å². The van der Waals surface area contributed by atoms with E-state index < -0.39 is 6.55 Å². The summed E-state index contributed by atoms with van der Waals surface area (Å²) in [6.07, 6.45) is 0.952. The van der Waals surface area contributed by atoms with Crippen LogP contribution in [0.1, 0.15) is 12.2 Å². The second kappa shape index (κ2) is 3.68. The molecule has 0 bridgehead atoms. The van der Waals surface area contributed by atoms with Crippen molar-refractivity contribution < 1.29 is 8.78 Å². The zero-order chi connectivity index (χ0) is 11.9. The van der Waals surface area contributed by atoms with Gasteiger partial charge in [-0.05, 0) is 15.9 Å². The number of hydrogen-bond acceptors (Lipinski definition) is 4. The molecule has 2 aromatic rings. The summed E-state index contributed by atoms with van der Waals surface area (Å²) in [6.45, 7) is -2.76. The molecule has 16 heavy (non-hydrogen) atoms. The topological polar surface area (TPSA) is 80.5 Å². The Kier molecular flexibility index (Phi) is 2.47. The summed E-state index contributed by atoms with van der Waals surface area (Å²) in [7, 11) is 0. The van der Waals surface area contributed by atoms with Crippen molar-refractivity contribution in [2.24, 2.45) is 0 Å². The van der Waals surface area contributed by atoms with Crippen LogP contribution in [-0.2, 0) is 0 Å². The Morgan fingerprint density at radius 1 is 1.56 bits per heavy atom. The second-order valence-corrected chi connectivity index (χ2v) is 3.69. The number of halogens is 3. The van der Waals surface area contributed by atoms with Crippen LogP contribution in [0.2, 0.25) is 0 Å². The number of nitrogens with two attached hydrogens (primary N) is 1. The molecule has 0 spiro atoms. The molecule has 82 valence electrons. The Balaban J connectivity index is 2.86. The Morgan fingerprint density at radius 3 is 2.81 bits per heavy atom. The Hall–Kier alpha value is -1.75. The lowest BCUT2D eigenvalue weighted by Gasteiger charge is -2.04. The van der Waals surface area contributed by atoms with E-state index in [1.165, 1.54) is 0 Å². The lowest BCUT2D eigenvalue weighted by atomic mass is 10.3. The molecule has 2 heterocycles. The van der Waals surface area contributed by atoms with Crippen molar-refractivity contribution in [3.05, 3.63) is 16.5 Å². The van der Waals surface area contributed by atoms with Crippen LogP contribution >= 0.6 is 15.9 Å². The smallest absolute Gasteiger partial charge is 0.321 e. The Bertz CT molecular complexity index is 600. The molecule has 0 aliphatic rings. The maximum absolute atomic E-state index is 12.6. The highest BCUT2D eigenvalue weighted by Gasteiger charge is 2.18. The van der Waals surface area contributed by atoms with E-state index in [9.17, 15) is 8.78 Å². The van der Waals surface area contributed by atoms with Gasteiger partial charge in [-0.25, -0.2) is 9.97 Å². The molecule has 0 fully saturated rings. The van der Waals surface area contributed by atoms with Crippen molar-refractivity contribution >= 4 is 32.8 Å². The van der Waals surface area contributed by atoms with Crippen LogP contribution in [0.25, 0.3) is 11.2 Å². The van der Waals surface area contributed by atoms with Gasteiger partial charge in [0, 0.05) is 0 Å². The molecule has 0 aliphatic heterocycles. The number of rotatable bonds is 1. The first-order valence-electron chi connectivity index (χ1n) is 4.06. The summed E-state index contributed by atoms with van der Waals surface area (Å²) >= 11 is 3.10. The van der Waals surface area contributed by atoms with Crippen LogP contribution < -0.4 is 5.73 Å². The maximum atomic E-state index is 12.6. The highest BCUT2D eigenvalue weighted by atomic mass is 79.9. The summed E-state index contributed by atoms with van der Waals surface area (Å²) in [5.41, 5.74) is 5.69. The minimum absolute atomic E-state index is 0.0763. The molecule has 2 aromatic heterocycles. The van der Waals surface area contributed by atoms with E-state index in [1.54, 1.807) is 6.07 Å². The summed E-state index contributed by atoms with van der Waals surface area (Å²) in [5.74, 6) is 0. The minimum Gasteiger partial charge on any atom is -0.395 e. The molecule has 2 rings (SSSR count). The van der Waals surface area contributed by atoms with E-state index >= 15 is 0 Å². The molecule has 0 saturated carbocycles. The Labute approximate surface area is 96.6 Å². The van der Waals surface area contributed by atoms with Crippen LogP contribution in [0, 0.1) is 11.3 Å². The molecule has 2 N–H and O–H groups in total. The standard InChI is InChI=1S/C8H4BrF2N5/c9-4-5(13)3(1-12)15-7-6(4)14-2-16(7)8(10)11/h2,8H,13H2. The van der Waals surface area contributed by atoms with Crippen molar-refractivity contribution in [1.29, 1.82) is 5.26 Å². The highest BCUT2D eigenvalue weighted by molar-refractivity contribution is 9.10. The Morgan fingerprint density at radius 2 is 2.25 bits per heavy atom. The molecule has 8 heteroatoms. The largest absolute Gasteiger partial charge is 0.395 e. The molecule has 0 aromatic carbocycles. The maximum Gasteiger partial charge on any atom is 0.321 e. The summed E-state index contributed by atoms with van der Waals surface area (Å²) in [6, 6.07) is 1.73. The lowest BCUT2D eigenvalue weighted by molar-refractivity contribution is 0.0740. The van der Waals surface area contributed by atoms with Crippen molar-refractivity contribution in [2.45, 2.75) is 6.55 Å². The lowest BCUT2D eigenvalue weighted by Crippen LogP contribution is -2.01. The third kappa shape index (κ3) is 1.40. The van der Waals surface area contributed by atoms with E-state index in [0.29, 0.717) is 9.04 Å². The second-order valence-electron chi connectivity index (χ2n) is 2.90. The average Bonchev–Trinajstić information content (AvgIpc) is 2.67. The summed E-state index contributed by atoms with van der Waals surface area (Å²) < 4.78 is 26.0. The zero-order valence-electron chi connectivity index (χ0n) is 7.65. The van der Waals surface area contributed by atoms with Crippen LogP contribution in [0.15, 0.2) is 10.8 Å². The highest BCUT2D eigenvalue weighted by Crippen LogP contribution is 2.30. The fraction of sp³-hybridized carbons (Fsp3) is 0.125. The number of nitriles is 1. The quantitative estimate of drug-likeness (QED) is 0.870. The number of anilines is 1. The zero-order valence-corrected chi connectivity index (χ0v) is 9.24. The normalized spacial score (nSPS) is 10.9. The van der Waals surface area contributed by atoms with Gasteiger partial charge in [-0.15, -0.1) is 0 Å². The van der Waals surface area contributed by atoms with E-state index in [4.69, 9.17) is 11.0 Å². The first-order chi connectivity index (χ1) is 7.56. The van der Waals surface area contributed by atoms with Crippen LogP contribution in [-0.4, -0.2) is 14.5 Å². The number of imidazole rings is 1.